The molecule has 0 N–H and O–H groups in total. The highest BCUT2D eigenvalue weighted by Crippen LogP contribution is 1.98. The summed E-state index contributed by atoms with van der Waals surface area (Å²) in [4.78, 5) is 28.5. The smallest absolute Gasteiger partial charge is 0.118 e. The van der Waals surface area contributed by atoms with E-state index in [-0.39, 0.29) is 0 Å². The molecule has 0 amide bonds. The first kappa shape index (κ1) is 55.9. The van der Waals surface area contributed by atoms with Gasteiger partial charge in [-0.1, -0.05) is 13.8 Å². The standard InChI is InChI=1S/2C9H24N4.C7H19N3.C6H15N.C3H9N/c1-10(2)7-12(5)9-13(6)8-11(3)4;1-10(2)7-13(8-11(3)4)9-12(5)6;1-8(2)7(9(3)4)10(5)6;1-6(2)5-7(3)4;1-4(2)3/h2*7-9H2,1-6H3;7H,1-6H3;6H,5H2,1-4H3;1-3H3. The predicted molar refractivity (Wildman–Crippen MR) is 213 cm³/mol. The summed E-state index contributed by atoms with van der Waals surface area (Å²) >= 11 is 0. The molecule has 0 atom stereocenters. The van der Waals surface area contributed by atoms with Crippen LogP contribution in [0.3, 0.4) is 0 Å². The molecule has 0 fully saturated rings. The van der Waals surface area contributed by atoms with Crippen LogP contribution in [-0.4, -0.2) is 279 Å². The lowest BCUT2D eigenvalue weighted by molar-refractivity contribution is 0.00961. The third-order valence-electron chi connectivity index (χ3n) is 5.10. The Morgan fingerprint density at radius 1 is 0.319 bits per heavy atom. The molecule has 0 saturated heterocycles. The third-order valence-corrected chi connectivity index (χ3v) is 5.10. The Balaban J connectivity index is -0.000000164. The number of rotatable bonds is 17. The number of nitrogens with zero attached hydrogens (tertiary/aromatic N) is 13. The van der Waals surface area contributed by atoms with Crippen LogP contribution in [0.5, 0.6) is 0 Å². The van der Waals surface area contributed by atoms with Crippen LogP contribution < -0.4 is 0 Å². The van der Waals surface area contributed by atoms with Crippen LogP contribution in [0, 0.1) is 5.92 Å². The Labute approximate surface area is 298 Å². The second kappa shape index (κ2) is 34.0. The molecule has 0 unspecified atom stereocenters. The Kier molecular flexibility index (Phi) is 40.4. The van der Waals surface area contributed by atoms with Gasteiger partial charge < -0.3 is 9.80 Å². The molecule has 47 heavy (non-hydrogen) atoms. The van der Waals surface area contributed by atoms with Crippen LogP contribution in [0.15, 0.2) is 0 Å². The molecule has 292 valence electrons. The SMILES string of the molecule is CC(C)CN(C)C.CN(C)C.CN(C)C(N(C)C)N(C)C.CN(C)CN(C)CN(C)CN(C)C.CN(C)CN(CN(C)C)CN(C)C. The largest absolute Gasteiger partial charge is 0.312 e. The van der Waals surface area contributed by atoms with Gasteiger partial charge in [0.15, 0.2) is 0 Å². The van der Waals surface area contributed by atoms with E-state index >= 15 is 0 Å². The van der Waals surface area contributed by atoms with E-state index in [0.29, 0.717) is 6.29 Å². The fourth-order valence-corrected chi connectivity index (χ4v) is 4.92. The zero-order valence-electron chi connectivity index (χ0n) is 36.9. The molecule has 0 aromatic carbocycles. The lowest BCUT2D eigenvalue weighted by Gasteiger charge is -2.35. The van der Waals surface area contributed by atoms with Gasteiger partial charge in [0.1, 0.15) is 6.29 Å². The lowest BCUT2D eigenvalue weighted by atomic mass is 10.2. The Morgan fingerprint density at radius 3 is 0.660 bits per heavy atom. The minimum absolute atomic E-state index is 0.389. The van der Waals surface area contributed by atoms with Gasteiger partial charge in [0.05, 0.1) is 40.0 Å². The normalized spacial score (nSPS) is 12.0. The van der Waals surface area contributed by atoms with Crippen molar-refractivity contribution in [2.45, 2.75) is 20.1 Å². The summed E-state index contributed by atoms with van der Waals surface area (Å²) in [6.45, 7) is 11.6. The van der Waals surface area contributed by atoms with Gasteiger partial charge in [-0.25, -0.2) is 0 Å². The average Bonchev–Trinajstić information content (AvgIpc) is 2.75. The number of hydrogen-bond donors (Lipinski definition) is 0. The molecule has 13 nitrogen and oxygen atoms in total. The average molecular weight is 682 g/mol. The Bertz CT molecular complexity index is 545. The molecular formula is C34H91N13. The highest BCUT2D eigenvalue weighted by Gasteiger charge is 2.14. The molecular weight excluding hydrogens is 590 g/mol. The first-order chi connectivity index (χ1) is 21.1. The summed E-state index contributed by atoms with van der Waals surface area (Å²) in [5.41, 5.74) is 0. The predicted octanol–water partition coefficient (Wildman–Crippen LogP) is 1.03. The third kappa shape index (κ3) is 55.2. The molecule has 0 aliphatic rings. The molecule has 0 rings (SSSR count). The maximum atomic E-state index is 2.38. The molecule has 0 saturated carbocycles. The highest BCUT2D eigenvalue weighted by atomic mass is 15.5. The van der Waals surface area contributed by atoms with Crippen LogP contribution in [-0.2, 0) is 0 Å². The van der Waals surface area contributed by atoms with Gasteiger partial charge in [0, 0.05) is 0 Å². The van der Waals surface area contributed by atoms with Crippen LogP contribution in [0.2, 0.25) is 0 Å². The van der Waals surface area contributed by atoms with Crippen molar-refractivity contribution in [1.82, 2.24) is 63.7 Å². The van der Waals surface area contributed by atoms with E-state index in [1.54, 1.807) is 0 Å². The first-order valence-electron chi connectivity index (χ1n) is 16.7. The van der Waals surface area contributed by atoms with E-state index < -0.39 is 0 Å². The van der Waals surface area contributed by atoms with Gasteiger partial charge in [-0.2, -0.15) is 0 Å². The molecule has 0 bridgehead atoms. The summed E-state index contributed by atoms with van der Waals surface area (Å²) < 4.78 is 0. The highest BCUT2D eigenvalue weighted by molar-refractivity contribution is 4.58. The van der Waals surface area contributed by atoms with Crippen molar-refractivity contribution in [2.75, 3.05) is 209 Å². The van der Waals surface area contributed by atoms with E-state index in [1.165, 1.54) is 6.54 Å². The second-order valence-corrected chi connectivity index (χ2v) is 15.9. The molecule has 0 heterocycles. The van der Waals surface area contributed by atoms with Crippen molar-refractivity contribution in [1.29, 1.82) is 0 Å². The lowest BCUT2D eigenvalue weighted by Crippen LogP contribution is -2.50. The van der Waals surface area contributed by atoms with Gasteiger partial charge >= 0.3 is 0 Å². The van der Waals surface area contributed by atoms with E-state index in [4.69, 9.17) is 0 Å². The van der Waals surface area contributed by atoms with Gasteiger partial charge in [0.25, 0.3) is 0 Å². The molecule has 0 spiro atoms. The van der Waals surface area contributed by atoms with E-state index in [9.17, 15) is 0 Å². The van der Waals surface area contributed by atoms with Gasteiger partial charge in [-0.3, -0.25) is 53.9 Å². The van der Waals surface area contributed by atoms with Crippen molar-refractivity contribution in [2.24, 2.45) is 5.92 Å². The van der Waals surface area contributed by atoms with Crippen LogP contribution in [0.25, 0.3) is 0 Å². The Morgan fingerprint density at radius 2 is 0.553 bits per heavy atom. The van der Waals surface area contributed by atoms with E-state index in [2.05, 4.69) is 214 Å². The van der Waals surface area contributed by atoms with E-state index in [1.807, 2.05) is 26.0 Å². The molecule has 0 aliphatic carbocycles. The first-order valence-corrected chi connectivity index (χ1v) is 16.7. The minimum atomic E-state index is 0.389. The van der Waals surface area contributed by atoms with Crippen LogP contribution in [0.1, 0.15) is 13.8 Å². The molecule has 13 heteroatoms. The topological polar surface area (TPSA) is 42.1 Å². The van der Waals surface area contributed by atoms with Crippen LogP contribution >= 0.6 is 0 Å². The van der Waals surface area contributed by atoms with Crippen molar-refractivity contribution in [3.8, 4) is 0 Å². The fourth-order valence-electron chi connectivity index (χ4n) is 4.92. The second-order valence-electron chi connectivity index (χ2n) is 15.9. The van der Waals surface area contributed by atoms with E-state index in [0.717, 1.165) is 45.9 Å². The van der Waals surface area contributed by atoms with Crippen molar-refractivity contribution in [3.63, 3.8) is 0 Å². The van der Waals surface area contributed by atoms with Crippen LogP contribution in [0.4, 0.5) is 0 Å². The zero-order valence-corrected chi connectivity index (χ0v) is 36.9. The monoisotopic (exact) mass is 682 g/mol. The maximum Gasteiger partial charge on any atom is 0.118 e. The van der Waals surface area contributed by atoms with Crippen molar-refractivity contribution >= 4 is 0 Å². The fraction of sp³-hybridized carbons (Fsp3) is 1.00. The maximum absolute atomic E-state index is 2.38. The zero-order chi connectivity index (χ0) is 38.6. The summed E-state index contributed by atoms with van der Waals surface area (Å²) in [5.74, 6) is 0.801. The summed E-state index contributed by atoms with van der Waals surface area (Å²) in [6.07, 6.45) is 0.389. The minimum Gasteiger partial charge on any atom is -0.312 e. The van der Waals surface area contributed by atoms with Gasteiger partial charge in [-0.15, -0.1) is 0 Å². The van der Waals surface area contributed by atoms with Gasteiger partial charge in [0.2, 0.25) is 0 Å². The Hall–Kier alpha value is -0.520. The number of hydrogen-bond acceptors (Lipinski definition) is 13. The summed E-state index contributed by atoms with van der Waals surface area (Å²) in [5, 5.41) is 0. The van der Waals surface area contributed by atoms with Gasteiger partial charge in [-0.05, 0) is 175 Å². The molecule has 0 aromatic rings. The molecule has 0 aromatic heterocycles. The molecule has 0 aliphatic heterocycles. The molecule has 0 radical (unpaired) electrons. The quantitative estimate of drug-likeness (QED) is 0.206. The van der Waals surface area contributed by atoms with Crippen molar-refractivity contribution in [3.05, 3.63) is 0 Å². The summed E-state index contributed by atoms with van der Waals surface area (Å²) in [7, 11) is 47.8. The summed E-state index contributed by atoms with van der Waals surface area (Å²) in [6, 6.07) is 0. The van der Waals surface area contributed by atoms with Crippen molar-refractivity contribution < 1.29 is 0 Å².